The summed E-state index contributed by atoms with van der Waals surface area (Å²) in [5, 5.41) is 5.77. The summed E-state index contributed by atoms with van der Waals surface area (Å²) in [4.78, 5) is 28.2. The van der Waals surface area contributed by atoms with Gasteiger partial charge in [-0.3, -0.25) is 9.11 Å². The summed E-state index contributed by atoms with van der Waals surface area (Å²) in [5.41, 5.74) is 12.2. The summed E-state index contributed by atoms with van der Waals surface area (Å²) in [6.45, 7) is 3.60. The molecule has 0 unspecified atom stereocenters. The van der Waals surface area contributed by atoms with Gasteiger partial charge >= 0.3 is 0 Å². The van der Waals surface area contributed by atoms with Crippen LogP contribution >= 0.6 is 0 Å². The quantitative estimate of drug-likeness (QED) is 0.101. The Kier molecular flexibility index (Phi) is 9.93. The van der Waals surface area contributed by atoms with Gasteiger partial charge in [0.15, 0.2) is 0 Å². The first kappa shape index (κ1) is 34.6. The van der Waals surface area contributed by atoms with E-state index in [1.165, 1.54) is 36.4 Å². The van der Waals surface area contributed by atoms with Crippen LogP contribution < -0.4 is 31.9 Å². The highest BCUT2D eigenvalue weighted by molar-refractivity contribution is 7.86. The summed E-state index contributed by atoms with van der Waals surface area (Å²) in [7, 11) is -9.56. The zero-order valence-corrected chi connectivity index (χ0v) is 28.1. The summed E-state index contributed by atoms with van der Waals surface area (Å²) >= 11 is 0. The lowest BCUT2D eigenvalue weighted by Gasteiger charge is -2.26. The predicted molar refractivity (Wildman–Crippen MR) is 186 cm³/mol. The molecule has 2 aromatic heterocycles. The van der Waals surface area contributed by atoms with Crippen molar-refractivity contribution < 1.29 is 30.7 Å². The molecule has 0 spiro atoms. The average molecular weight is 727 g/mol. The molecule has 0 radical (unpaired) electrons. The van der Waals surface area contributed by atoms with Crippen LogP contribution in [0, 0.1) is 0 Å². The molecule has 0 saturated carbocycles. The van der Waals surface area contributed by atoms with E-state index in [0.717, 1.165) is 44.5 Å². The number of hydrogen-bond donors (Lipinski definition) is 6. The summed E-state index contributed by atoms with van der Waals surface area (Å²) in [6.07, 6.45) is 5.63. The Morgan fingerprint density at radius 2 is 1.08 bits per heavy atom. The molecule has 2 aromatic carbocycles. The Balaban J connectivity index is 1.26. The molecule has 2 aliphatic heterocycles. The van der Waals surface area contributed by atoms with Crippen molar-refractivity contribution in [3.63, 3.8) is 0 Å². The second-order valence-electron chi connectivity index (χ2n) is 11.3. The van der Waals surface area contributed by atoms with Gasteiger partial charge < -0.3 is 36.6 Å². The number of rotatable bonds is 10. The molecule has 0 bridgehead atoms. The molecule has 264 valence electrons. The van der Waals surface area contributed by atoms with E-state index in [4.69, 9.17) is 16.2 Å². The van der Waals surface area contributed by atoms with Crippen molar-refractivity contribution in [1.29, 1.82) is 0 Å². The fourth-order valence-corrected chi connectivity index (χ4v) is 6.82. The Hall–Kier alpha value is -5.22. The van der Waals surface area contributed by atoms with Gasteiger partial charge in [0.2, 0.25) is 35.7 Å². The van der Waals surface area contributed by atoms with Crippen LogP contribution in [0.25, 0.3) is 12.2 Å². The summed E-state index contributed by atoms with van der Waals surface area (Å²) in [5.74, 6) is 0.732. The minimum Gasteiger partial charge on any atom is -0.378 e. The van der Waals surface area contributed by atoms with Gasteiger partial charge in [-0.2, -0.15) is 46.7 Å². The van der Waals surface area contributed by atoms with Crippen LogP contribution in [0.3, 0.4) is 0 Å². The summed E-state index contributed by atoms with van der Waals surface area (Å²) in [6, 6.07) is 8.09. The lowest BCUT2D eigenvalue weighted by molar-refractivity contribution is 0.122. The van der Waals surface area contributed by atoms with Gasteiger partial charge in [-0.15, -0.1) is 0 Å². The van der Waals surface area contributed by atoms with Crippen LogP contribution in [-0.4, -0.2) is 95.2 Å². The second-order valence-corrected chi connectivity index (χ2v) is 14.1. The van der Waals surface area contributed by atoms with Crippen molar-refractivity contribution in [2.75, 3.05) is 71.3 Å². The number of nitrogen functional groups attached to an aromatic ring is 2. The van der Waals surface area contributed by atoms with Crippen LogP contribution in [0.15, 0.2) is 46.2 Å². The number of ether oxygens (including phenoxy) is 1. The number of piperidine rings is 1. The zero-order chi connectivity index (χ0) is 35.5. The Morgan fingerprint density at radius 1 is 0.640 bits per heavy atom. The zero-order valence-electron chi connectivity index (χ0n) is 26.5. The van der Waals surface area contributed by atoms with Crippen LogP contribution in [-0.2, 0) is 25.0 Å². The highest BCUT2D eigenvalue weighted by atomic mass is 32.2. The van der Waals surface area contributed by atoms with Gasteiger partial charge in [-0.05, 0) is 54.7 Å². The standard InChI is InChI=1S/C29H34N12O7S2/c30-24-34-26(38-28(36-24)40-10-2-1-3-11-40)32-20-8-6-18(22(16-20)49(42,43)44)4-5-19-7-9-21(17-23(19)50(45,46)47)33-27-35-25(31)37-29(39-27)41-12-14-48-15-13-41/h4-9,16-17H,1-3,10-15H2,(H,42,43,44)(H,45,46,47)(H3,30,32,34,36,38)(H3,31,33,35,37,39)/b5-4+. The maximum absolute atomic E-state index is 12.4. The topological polar surface area (TPSA) is 278 Å². The number of nitrogens with one attached hydrogen (secondary N) is 2. The number of nitrogens with zero attached hydrogens (tertiary/aromatic N) is 8. The number of aromatic nitrogens is 6. The normalized spacial score (nSPS) is 15.7. The van der Waals surface area contributed by atoms with E-state index in [2.05, 4.69) is 40.5 Å². The molecular weight excluding hydrogens is 693 g/mol. The van der Waals surface area contributed by atoms with Crippen molar-refractivity contribution in [2.45, 2.75) is 29.1 Å². The molecule has 0 amide bonds. The van der Waals surface area contributed by atoms with Crippen molar-refractivity contribution in [1.82, 2.24) is 29.9 Å². The first-order valence-electron chi connectivity index (χ1n) is 15.4. The molecule has 4 heterocycles. The van der Waals surface area contributed by atoms with E-state index >= 15 is 0 Å². The van der Waals surface area contributed by atoms with E-state index < -0.39 is 30.0 Å². The lowest BCUT2D eigenvalue weighted by Crippen LogP contribution is -2.37. The molecule has 2 saturated heterocycles. The molecule has 50 heavy (non-hydrogen) atoms. The third kappa shape index (κ3) is 8.49. The first-order valence-corrected chi connectivity index (χ1v) is 18.3. The highest BCUT2D eigenvalue weighted by Crippen LogP contribution is 2.28. The van der Waals surface area contributed by atoms with E-state index in [0.29, 0.717) is 38.2 Å². The predicted octanol–water partition coefficient (Wildman–Crippen LogP) is 2.20. The number of morpholine rings is 1. The largest absolute Gasteiger partial charge is 0.378 e. The number of benzene rings is 2. The highest BCUT2D eigenvalue weighted by Gasteiger charge is 2.21. The number of nitrogens with two attached hydrogens (primary N) is 2. The maximum Gasteiger partial charge on any atom is 0.295 e. The van der Waals surface area contributed by atoms with E-state index in [-0.39, 0.29) is 46.3 Å². The smallest absolute Gasteiger partial charge is 0.295 e. The van der Waals surface area contributed by atoms with Gasteiger partial charge in [-0.1, -0.05) is 24.3 Å². The van der Waals surface area contributed by atoms with Gasteiger partial charge in [0.25, 0.3) is 20.2 Å². The van der Waals surface area contributed by atoms with Crippen molar-refractivity contribution >= 4 is 79.5 Å². The number of anilines is 8. The molecule has 4 aromatic rings. The van der Waals surface area contributed by atoms with Gasteiger partial charge in [0.1, 0.15) is 9.79 Å². The van der Waals surface area contributed by atoms with Crippen LogP contribution in [0.2, 0.25) is 0 Å². The van der Waals surface area contributed by atoms with E-state index in [1.54, 1.807) is 0 Å². The van der Waals surface area contributed by atoms with Crippen LogP contribution in [0.1, 0.15) is 30.4 Å². The third-order valence-electron chi connectivity index (χ3n) is 7.75. The summed E-state index contributed by atoms with van der Waals surface area (Å²) < 4.78 is 75.2. The molecule has 0 atom stereocenters. The fraction of sp³-hybridized carbons (Fsp3) is 0.310. The first-order chi connectivity index (χ1) is 23.8. The van der Waals surface area contributed by atoms with Crippen molar-refractivity contribution in [3.05, 3.63) is 47.5 Å². The van der Waals surface area contributed by atoms with Crippen molar-refractivity contribution in [3.8, 4) is 0 Å². The minimum absolute atomic E-state index is 0.0107. The maximum atomic E-state index is 12.4. The minimum atomic E-state index is -4.78. The van der Waals surface area contributed by atoms with Gasteiger partial charge in [0, 0.05) is 37.6 Å². The molecule has 21 heteroatoms. The third-order valence-corrected chi connectivity index (χ3v) is 9.57. The SMILES string of the molecule is Nc1nc(Nc2ccc(/C=C/c3ccc(Nc4nc(N)nc(N5CCOCC5)n4)cc3S(=O)(=O)O)c(S(=O)(=O)O)c2)nc(N2CCCCC2)n1. The Morgan fingerprint density at radius 3 is 1.52 bits per heavy atom. The monoisotopic (exact) mass is 726 g/mol. The molecule has 2 aliphatic rings. The molecule has 0 aliphatic carbocycles. The van der Waals surface area contributed by atoms with Crippen LogP contribution in [0.4, 0.5) is 47.1 Å². The number of hydrogen-bond acceptors (Lipinski definition) is 17. The van der Waals surface area contributed by atoms with Crippen molar-refractivity contribution in [2.24, 2.45) is 0 Å². The van der Waals surface area contributed by atoms with Gasteiger partial charge in [0.05, 0.1) is 13.2 Å². The lowest BCUT2D eigenvalue weighted by atomic mass is 10.1. The van der Waals surface area contributed by atoms with Crippen LogP contribution in [0.5, 0.6) is 0 Å². The second kappa shape index (κ2) is 14.3. The molecule has 19 nitrogen and oxygen atoms in total. The molecular formula is C29H34N12O7S2. The Labute approximate surface area is 287 Å². The Bertz CT molecular complexity index is 1990. The van der Waals surface area contributed by atoms with E-state index in [1.807, 2.05) is 9.80 Å². The van der Waals surface area contributed by atoms with E-state index in [9.17, 15) is 25.9 Å². The van der Waals surface area contributed by atoms with Gasteiger partial charge in [-0.25, -0.2) is 0 Å². The molecule has 8 N–H and O–H groups in total. The molecule has 6 rings (SSSR count). The fourth-order valence-electron chi connectivity index (χ4n) is 5.40. The average Bonchev–Trinajstić information content (AvgIpc) is 3.07. The molecule has 2 fully saturated rings.